The molecular weight excluding hydrogens is 452 g/mol. The van der Waals surface area contributed by atoms with Crippen molar-refractivity contribution in [2.75, 3.05) is 19.6 Å². The lowest BCUT2D eigenvalue weighted by atomic mass is 9.89. The molecule has 0 unspecified atom stereocenters. The van der Waals surface area contributed by atoms with Gasteiger partial charge in [0.2, 0.25) is 5.91 Å². The molecule has 2 N–H and O–H groups in total. The minimum Gasteiger partial charge on any atom is -0.478 e. The minimum atomic E-state index is -0.949. The van der Waals surface area contributed by atoms with Crippen LogP contribution in [0.25, 0.3) is 0 Å². The van der Waals surface area contributed by atoms with Crippen molar-refractivity contribution in [2.45, 2.75) is 51.5 Å². The molecule has 1 saturated heterocycles. The number of nitrogens with zero attached hydrogens (tertiary/aromatic N) is 1. The van der Waals surface area contributed by atoms with Gasteiger partial charge in [0.1, 0.15) is 11.5 Å². The molecule has 2 aliphatic rings. The third kappa shape index (κ3) is 7.47. The van der Waals surface area contributed by atoms with Crippen molar-refractivity contribution < 1.29 is 19.4 Å². The van der Waals surface area contributed by atoms with Crippen LogP contribution in [-0.2, 0) is 11.3 Å². The number of amides is 1. The number of nitrogens with one attached hydrogen (secondary N) is 1. The van der Waals surface area contributed by atoms with Crippen molar-refractivity contribution in [3.63, 3.8) is 0 Å². The van der Waals surface area contributed by atoms with E-state index in [-0.39, 0.29) is 29.8 Å². The Morgan fingerprint density at radius 3 is 2.06 bits per heavy atom. The Hall–Kier alpha value is -2.57. The van der Waals surface area contributed by atoms with Crippen molar-refractivity contribution in [3.8, 4) is 11.5 Å². The Balaban J connectivity index is 0.00000324. The number of piperidine rings is 1. The normalized spacial score (nSPS) is 17.5. The number of carbonyl (C=O) groups is 2. The molecule has 1 aliphatic carbocycles. The van der Waals surface area contributed by atoms with E-state index < -0.39 is 5.97 Å². The summed E-state index contributed by atoms with van der Waals surface area (Å²) >= 11 is 0. The smallest absolute Gasteiger partial charge is 0.335 e. The van der Waals surface area contributed by atoms with E-state index >= 15 is 0 Å². The van der Waals surface area contributed by atoms with Crippen LogP contribution in [0, 0.1) is 11.8 Å². The summed E-state index contributed by atoms with van der Waals surface area (Å²) in [5, 5.41) is 12.2. The van der Waals surface area contributed by atoms with Crippen LogP contribution in [0.5, 0.6) is 11.5 Å². The van der Waals surface area contributed by atoms with Gasteiger partial charge >= 0.3 is 5.97 Å². The first-order valence-corrected chi connectivity index (χ1v) is 12.2. The van der Waals surface area contributed by atoms with Crippen LogP contribution in [0.4, 0.5) is 0 Å². The number of likely N-dealkylation sites (tertiary alicyclic amines) is 1. The molecule has 0 bridgehead atoms. The summed E-state index contributed by atoms with van der Waals surface area (Å²) in [6.45, 7) is 3.60. The Morgan fingerprint density at radius 1 is 0.882 bits per heavy atom. The maximum Gasteiger partial charge on any atom is 0.335 e. The maximum atomic E-state index is 12.6. The second-order valence-corrected chi connectivity index (χ2v) is 9.38. The molecule has 2 aromatic rings. The Labute approximate surface area is 208 Å². The number of hydrogen-bond acceptors (Lipinski definition) is 4. The van der Waals surface area contributed by atoms with E-state index in [1.807, 2.05) is 12.1 Å². The minimum absolute atomic E-state index is 0. The van der Waals surface area contributed by atoms with Gasteiger partial charge in [0.15, 0.2) is 0 Å². The van der Waals surface area contributed by atoms with Crippen LogP contribution in [0.1, 0.15) is 60.9 Å². The molecule has 0 aromatic heterocycles. The highest BCUT2D eigenvalue weighted by atomic mass is 35.5. The van der Waals surface area contributed by atoms with Gasteiger partial charge in [-0.2, -0.15) is 0 Å². The average Bonchev–Trinajstić information content (AvgIpc) is 2.85. The molecule has 2 fully saturated rings. The van der Waals surface area contributed by atoms with Gasteiger partial charge in [-0.1, -0.05) is 31.4 Å². The van der Waals surface area contributed by atoms with Crippen LogP contribution >= 0.6 is 12.4 Å². The quantitative estimate of drug-likeness (QED) is 0.514. The second kappa shape index (κ2) is 12.8. The lowest BCUT2D eigenvalue weighted by molar-refractivity contribution is -0.126. The van der Waals surface area contributed by atoms with E-state index in [0.717, 1.165) is 44.8 Å². The highest BCUT2D eigenvalue weighted by Crippen LogP contribution is 2.25. The van der Waals surface area contributed by atoms with Crippen molar-refractivity contribution >= 4 is 24.3 Å². The third-order valence-electron chi connectivity index (χ3n) is 6.91. The SMILES string of the molecule is Cl.O=C(O)c1ccc(Oc2ccc(CN3CCC(C(=O)NCC4CCCCC4)CC3)cc2)cc1. The molecule has 0 radical (unpaired) electrons. The Kier molecular flexibility index (Phi) is 9.78. The largest absolute Gasteiger partial charge is 0.478 e. The summed E-state index contributed by atoms with van der Waals surface area (Å²) in [6.07, 6.45) is 8.34. The predicted octanol–water partition coefficient (Wildman–Crippen LogP) is 5.51. The van der Waals surface area contributed by atoms with E-state index in [1.165, 1.54) is 49.8 Å². The zero-order valence-electron chi connectivity index (χ0n) is 19.6. The first kappa shape index (κ1) is 26.0. The summed E-state index contributed by atoms with van der Waals surface area (Å²) in [7, 11) is 0. The molecule has 2 aromatic carbocycles. The molecule has 1 amide bonds. The van der Waals surface area contributed by atoms with Crippen LogP contribution in [0.15, 0.2) is 48.5 Å². The number of ether oxygens (including phenoxy) is 1. The van der Waals surface area contributed by atoms with Gasteiger partial charge in [0.25, 0.3) is 0 Å². The van der Waals surface area contributed by atoms with Crippen LogP contribution in [-0.4, -0.2) is 41.5 Å². The number of carboxylic acid groups (broad SMARTS) is 1. The summed E-state index contributed by atoms with van der Waals surface area (Å²) < 4.78 is 5.81. The number of rotatable bonds is 8. The molecule has 4 rings (SSSR count). The molecular formula is C27H35ClN2O4. The van der Waals surface area contributed by atoms with E-state index in [2.05, 4.69) is 22.3 Å². The van der Waals surface area contributed by atoms with Crippen molar-refractivity contribution in [3.05, 3.63) is 59.7 Å². The number of benzene rings is 2. The van der Waals surface area contributed by atoms with Gasteiger partial charge in [-0.05, 0) is 86.7 Å². The monoisotopic (exact) mass is 486 g/mol. The van der Waals surface area contributed by atoms with Crippen molar-refractivity contribution in [1.82, 2.24) is 10.2 Å². The average molecular weight is 487 g/mol. The fraction of sp³-hybridized carbons (Fsp3) is 0.481. The number of aromatic carboxylic acids is 1. The lowest BCUT2D eigenvalue weighted by Gasteiger charge is -2.32. The number of hydrogen-bond donors (Lipinski definition) is 2. The van der Waals surface area contributed by atoms with Crippen LogP contribution in [0.3, 0.4) is 0 Å². The fourth-order valence-electron chi connectivity index (χ4n) is 4.86. The molecule has 7 heteroatoms. The number of carboxylic acids is 1. The Bertz CT molecular complexity index is 919. The molecule has 1 aliphatic heterocycles. The first-order valence-electron chi connectivity index (χ1n) is 12.2. The molecule has 0 atom stereocenters. The van der Waals surface area contributed by atoms with Crippen LogP contribution in [0.2, 0.25) is 0 Å². The van der Waals surface area contributed by atoms with E-state index in [1.54, 1.807) is 12.1 Å². The van der Waals surface area contributed by atoms with E-state index in [4.69, 9.17) is 9.84 Å². The second-order valence-electron chi connectivity index (χ2n) is 9.38. The zero-order valence-corrected chi connectivity index (χ0v) is 20.4. The van der Waals surface area contributed by atoms with Gasteiger partial charge < -0.3 is 15.2 Å². The predicted molar refractivity (Wildman–Crippen MR) is 135 cm³/mol. The van der Waals surface area contributed by atoms with Crippen molar-refractivity contribution in [1.29, 1.82) is 0 Å². The molecule has 0 spiro atoms. The van der Waals surface area contributed by atoms with Gasteiger partial charge in [-0.3, -0.25) is 9.69 Å². The first-order chi connectivity index (χ1) is 16.1. The molecule has 34 heavy (non-hydrogen) atoms. The maximum absolute atomic E-state index is 12.6. The highest BCUT2D eigenvalue weighted by molar-refractivity contribution is 5.87. The molecule has 6 nitrogen and oxygen atoms in total. The van der Waals surface area contributed by atoms with E-state index in [9.17, 15) is 9.59 Å². The van der Waals surface area contributed by atoms with E-state index in [0.29, 0.717) is 11.7 Å². The standard InChI is InChI=1S/C27H34N2O4.ClH/c30-26(28-18-20-4-2-1-3-5-20)22-14-16-29(17-15-22)19-21-6-10-24(11-7-21)33-25-12-8-23(9-13-25)27(31)32;/h6-13,20,22H,1-5,14-19H2,(H,28,30)(H,31,32);1H. The number of carbonyl (C=O) groups excluding carboxylic acids is 1. The van der Waals surface area contributed by atoms with Gasteiger partial charge in [-0.15, -0.1) is 12.4 Å². The highest BCUT2D eigenvalue weighted by Gasteiger charge is 2.25. The molecule has 1 saturated carbocycles. The lowest BCUT2D eigenvalue weighted by Crippen LogP contribution is -2.41. The summed E-state index contributed by atoms with van der Waals surface area (Å²) in [6, 6.07) is 14.4. The number of halogens is 1. The summed E-state index contributed by atoms with van der Waals surface area (Å²) in [4.78, 5) is 25.9. The Morgan fingerprint density at radius 2 is 1.47 bits per heavy atom. The fourth-order valence-corrected chi connectivity index (χ4v) is 4.86. The molecule has 184 valence electrons. The molecule has 1 heterocycles. The summed E-state index contributed by atoms with van der Waals surface area (Å²) in [5.41, 5.74) is 1.45. The topological polar surface area (TPSA) is 78.9 Å². The van der Waals surface area contributed by atoms with Crippen molar-refractivity contribution in [2.24, 2.45) is 11.8 Å². The van der Waals surface area contributed by atoms with Gasteiger partial charge in [0, 0.05) is 19.0 Å². The zero-order chi connectivity index (χ0) is 23.0. The van der Waals surface area contributed by atoms with Gasteiger partial charge in [-0.25, -0.2) is 4.79 Å². The van der Waals surface area contributed by atoms with Gasteiger partial charge in [0.05, 0.1) is 5.56 Å². The van der Waals surface area contributed by atoms with Crippen LogP contribution < -0.4 is 10.1 Å². The summed E-state index contributed by atoms with van der Waals surface area (Å²) in [5.74, 6) is 1.45. The third-order valence-corrected chi connectivity index (χ3v) is 6.91.